The number of rotatable bonds is 6. The molecule has 0 atom stereocenters. The maximum atomic E-state index is 12.1. The van der Waals surface area contributed by atoms with Gasteiger partial charge < -0.3 is 9.73 Å². The summed E-state index contributed by atoms with van der Waals surface area (Å²) in [5.74, 6) is -0.0576. The molecular formula is C18H19N3O3S. The number of benzene rings is 1. The van der Waals surface area contributed by atoms with Crippen molar-refractivity contribution in [2.75, 3.05) is 5.32 Å². The van der Waals surface area contributed by atoms with Gasteiger partial charge in [0, 0.05) is 12.1 Å². The van der Waals surface area contributed by atoms with Gasteiger partial charge in [-0.1, -0.05) is 32.0 Å². The first-order valence-corrected chi connectivity index (χ1v) is 8.92. The Morgan fingerprint density at radius 1 is 1.32 bits per heavy atom. The third-order valence-electron chi connectivity index (χ3n) is 3.73. The number of amides is 1. The Balaban J connectivity index is 1.61. The van der Waals surface area contributed by atoms with E-state index in [0.717, 1.165) is 16.1 Å². The van der Waals surface area contributed by atoms with Crippen LogP contribution in [0.25, 0.3) is 10.8 Å². The van der Waals surface area contributed by atoms with Gasteiger partial charge in [0.1, 0.15) is 0 Å². The Morgan fingerprint density at radius 2 is 2.16 bits per heavy atom. The highest BCUT2D eigenvalue weighted by Crippen LogP contribution is 2.21. The number of hydrogen-bond donors (Lipinski definition) is 1. The molecule has 6 nitrogen and oxygen atoms in total. The van der Waals surface area contributed by atoms with E-state index in [1.54, 1.807) is 0 Å². The topological polar surface area (TPSA) is 77.1 Å². The summed E-state index contributed by atoms with van der Waals surface area (Å²) in [7, 11) is 0. The summed E-state index contributed by atoms with van der Waals surface area (Å²) in [5, 5.41) is 8.87. The van der Waals surface area contributed by atoms with Crippen LogP contribution in [0.15, 0.2) is 51.0 Å². The lowest BCUT2D eigenvalue weighted by Crippen LogP contribution is -2.21. The number of nitrogens with zero attached hydrogens (tertiary/aromatic N) is 2. The zero-order valence-electron chi connectivity index (χ0n) is 14.1. The summed E-state index contributed by atoms with van der Waals surface area (Å²) in [4.78, 5) is 24.7. The summed E-state index contributed by atoms with van der Waals surface area (Å²) < 4.78 is 6.31. The Bertz CT molecular complexity index is 910. The van der Waals surface area contributed by atoms with E-state index >= 15 is 0 Å². The molecule has 3 rings (SSSR count). The Kier molecular flexibility index (Phi) is 5.14. The lowest BCUT2D eigenvalue weighted by atomic mass is 10.0. The first kappa shape index (κ1) is 17.2. The largest absolute Gasteiger partial charge is 0.437 e. The smallest absolute Gasteiger partial charge is 0.387 e. The number of hydrogen-bond acceptors (Lipinski definition) is 5. The van der Waals surface area contributed by atoms with Crippen LogP contribution in [0.1, 0.15) is 31.7 Å². The molecule has 2 heterocycles. The van der Waals surface area contributed by atoms with Gasteiger partial charge in [-0.25, -0.2) is 4.79 Å². The molecule has 25 heavy (non-hydrogen) atoms. The van der Waals surface area contributed by atoms with Crippen molar-refractivity contribution in [3.63, 3.8) is 0 Å². The Hall–Kier alpha value is -2.67. The number of carbonyl (C=O) groups is 1. The third-order valence-corrected chi connectivity index (χ3v) is 4.58. The second kappa shape index (κ2) is 7.48. The van der Waals surface area contributed by atoms with Gasteiger partial charge in [-0.3, -0.25) is 4.79 Å². The highest BCUT2D eigenvalue weighted by Gasteiger charge is 2.12. The number of nitrogens with one attached hydrogen (secondary N) is 1. The van der Waals surface area contributed by atoms with Gasteiger partial charge in [0.05, 0.1) is 11.4 Å². The third kappa shape index (κ3) is 4.24. The van der Waals surface area contributed by atoms with Gasteiger partial charge in [0.25, 0.3) is 5.89 Å². The van der Waals surface area contributed by atoms with Crippen molar-refractivity contribution >= 4 is 22.9 Å². The second-order valence-electron chi connectivity index (χ2n) is 5.95. The van der Waals surface area contributed by atoms with Crippen molar-refractivity contribution in [2.24, 2.45) is 0 Å². The Labute approximate surface area is 149 Å². The monoisotopic (exact) mass is 357 g/mol. The van der Waals surface area contributed by atoms with Crippen molar-refractivity contribution in [1.82, 2.24) is 9.78 Å². The van der Waals surface area contributed by atoms with Crippen LogP contribution in [0.5, 0.6) is 0 Å². The number of aromatic nitrogens is 2. The van der Waals surface area contributed by atoms with Gasteiger partial charge >= 0.3 is 5.76 Å². The average molecular weight is 357 g/mol. The molecule has 1 N–H and O–H groups in total. The summed E-state index contributed by atoms with van der Waals surface area (Å²) in [5.41, 5.74) is 1.91. The Morgan fingerprint density at radius 3 is 2.88 bits per heavy atom. The maximum Gasteiger partial charge on any atom is 0.437 e. The van der Waals surface area contributed by atoms with E-state index in [9.17, 15) is 9.59 Å². The molecule has 7 heteroatoms. The quantitative estimate of drug-likeness (QED) is 0.729. The van der Waals surface area contributed by atoms with Crippen molar-refractivity contribution < 1.29 is 9.21 Å². The number of thiophene rings is 1. The van der Waals surface area contributed by atoms with Crippen molar-refractivity contribution in [3.8, 4) is 10.8 Å². The van der Waals surface area contributed by atoms with Crippen molar-refractivity contribution in [2.45, 2.75) is 32.7 Å². The second-order valence-corrected chi connectivity index (χ2v) is 6.90. The van der Waals surface area contributed by atoms with Crippen LogP contribution in [-0.4, -0.2) is 15.7 Å². The molecule has 130 valence electrons. The zero-order chi connectivity index (χ0) is 17.8. The highest BCUT2D eigenvalue weighted by molar-refractivity contribution is 7.13. The van der Waals surface area contributed by atoms with Gasteiger partial charge in [-0.2, -0.15) is 4.68 Å². The van der Waals surface area contributed by atoms with Gasteiger partial charge in [0.2, 0.25) is 5.91 Å². The van der Waals surface area contributed by atoms with Crippen molar-refractivity contribution in [3.05, 3.63) is 57.9 Å². The first-order valence-electron chi connectivity index (χ1n) is 8.04. The average Bonchev–Trinajstić information content (AvgIpc) is 3.23. The molecule has 3 aromatic rings. The van der Waals surface area contributed by atoms with Crippen LogP contribution in [0.2, 0.25) is 0 Å². The molecule has 1 aromatic carbocycles. The molecule has 0 unspecified atom stereocenters. The molecule has 1 amide bonds. The molecule has 0 fully saturated rings. The molecule has 0 aliphatic carbocycles. The summed E-state index contributed by atoms with van der Waals surface area (Å²) in [6, 6.07) is 11.4. The van der Waals surface area contributed by atoms with E-state index in [2.05, 4.69) is 24.3 Å². The number of anilines is 1. The van der Waals surface area contributed by atoms with E-state index in [1.165, 1.54) is 16.0 Å². The van der Waals surface area contributed by atoms with E-state index in [-0.39, 0.29) is 24.8 Å². The fraction of sp³-hybridized carbons (Fsp3) is 0.278. The summed E-state index contributed by atoms with van der Waals surface area (Å²) >= 11 is 1.44. The fourth-order valence-electron chi connectivity index (χ4n) is 2.35. The number of carbonyl (C=O) groups excluding carboxylic acids is 1. The molecule has 0 saturated heterocycles. The standard InChI is InChI=1S/C18H19N3O3S/c1-12(2)13-5-3-6-14(11-13)19-16(22)8-9-21-18(23)24-17(20-21)15-7-4-10-25-15/h3-7,10-12H,8-9H2,1-2H3,(H,19,22). The van der Waals surface area contributed by atoms with Crippen LogP contribution in [0, 0.1) is 0 Å². The molecule has 0 aliphatic heterocycles. The number of aryl methyl sites for hydroxylation is 1. The molecular weight excluding hydrogens is 338 g/mol. The predicted molar refractivity (Wildman–Crippen MR) is 97.9 cm³/mol. The van der Waals surface area contributed by atoms with Crippen LogP contribution in [0.3, 0.4) is 0 Å². The van der Waals surface area contributed by atoms with Gasteiger partial charge in [-0.15, -0.1) is 16.4 Å². The van der Waals surface area contributed by atoms with Crippen LogP contribution >= 0.6 is 11.3 Å². The minimum absolute atomic E-state index is 0.141. The summed E-state index contributed by atoms with van der Waals surface area (Å²) in [6.07, 6.45) is 0.141. The highest BCUT2D eigenvalue weighted by atomic mass is 32.1. The van der Waals surface area contributed by atoms with Crippen LogP contribution in [-0.2, 0) is 11.3 Å². The molecule has 0 radical (unpaired) electrons. The first-order chi connectivity index (χ1) is 12.0. The van der Waals surface area contributed by atoms with Gasteiger partial charge in [-0.05, 0) is 35.1 Å². The molecule has 0 spiro atoms. The molecule has 2 aromatic heterocycles. The minimum atomic E-state index is -0.557. The van der Waals surface area contributed by atoms with Gasteiger partial charge in [0.15, 0.2) is 0 Å². The molecule has 0 bridgehead atoms. The summed E-state index contributed by atoms with van der Waals surface area (Å²) in [6.45, 7) is 4.37. The van der Waals surface area contributed by atoms with E-state index < -0.39 is 5.76 Å². The molecule has 0 saturated carbocycles. The van der Waals surface area contributed by atoms with E-state index in [1.807, 2.05) is 41.8 Å². The lowest BCUT2D eigenvalue weighted by molar-refractivity contribution is -0.116. The van der Waals surface area contributed by atoms with Crippen LogP contribution in [0.4, 0.5) is 5.69 Å². The maximum absolute atomic E-state index is 12.1. The van der Waals surface area contributed by atoms with Crippen LogP contribution < -0.4 is 11.1 Å². The zero-order valence-corrected chi connectivity index (χ0v) is 14.9. The normalized spacial score (nSPS) is 11.0. The minimum Gasteiger partial charge on any atom is -0.387 e. The molecule has 0 aliphatic rings. The van der Waals surface area contributed by atoms with E-state index in [4.69, 9.17) is 4.42 Å². The predicted octanol–water partition coefficient (Wildman–Crippen LogP) is 3.72. The lowest BCUT2D eigenvalue weighted by Gasteiger charge is -2.09. The SMILES string of the molecule is CC(C)c1cccc(NC(=O)CCn2nc(-c3cccs3)oc2=O)c1. The fourth-order valence-corrected chi connectivity index (χ4v) is 3.00. The van der Waals surface area contributed by atoms with E-state index in [0.29, 0.717) is 5.92 Å². The van der Waals surface area contributed by atoms with Crippen molar-refractivity contribution in [1.29, 1.82) is 0 Å².